The number of ether oxygens (including phenoxy) is 1. The Morgan fingerprint density at radius 2 is 1.92 bits per heavy atom. The van der Waals surface area contributed by atoms with E-state index in [2.05, 4.69) is 0 Å². The van der Waals surface area contributed by atoms with Crippen LogP contribution >= 0.6 is 11.8 Å². The second-order valence-corrected chi connectivity index (χ2v) is 6.01. The standard InChI is InChI=1S/C18H15NO4S/c1-2-23-15-10-12(8-9-14(15)20)11-16-17(21)19(18(22)24-16)13-6-4-3-5-7-13/h3-11,20H,2H2,1H3. The van der Waals surface area contributed by atoms with Gasteiger partial charge in [0.2, 0.25) is 0 Å². The van der Waals surface area contributed by atoms with E-state index in [1.54, 1.807) is 42.5 Å². The van der Waals surface area contributed by atoms with Gasteiger partial charge in [-0.25, -0.2) is 4.90 Å². The molecule has 0 spiro atoms. The maximum Gasteiger partial charge on any atom is 0.298 e. The molecule has 2 amide bonds. The largest absolute Gasteiger partial charge is 0.504 e. The van der Waals surface area contributed by atoms with Crippen molar-refractivity contribution in [3.8, 4) is 11.5 Å². The van der Waals surface area contributed by atoms with E-state index < -0.39 is 0 Å². The molecule has 2 aromatic rings. The molecule has 1 fully saturated rings. The van der Waals surface area contributed by atoms with Crippen molar-refractivity contribution < 1.29 is 19.4 Å². The van der Waals surface area contributed by atoms with Crippen molar-refractivity contribution in [2.24, 2.45) is 0 Å². The Bertz CT molecular complexity index is 817. The van der Waals surface area contributed by atoms with E-state index in [0.717, 1.165) is 16.7 Å². The van der Waals surface area contributed by atoms with Gasteiger partial charge in [-0.1, -0.05) is 24.3 Å². The van der Waals surface area contributed by atoms with Crippen molar-refractivity contribution in [3.05, 3.63) is 59.0 Å². The molecular weight excluding hydrogens is 326 g/mol. The molecule has 0 saturated carbocycles. The molecule has 0 aromatic heterocycles. The third kappa shape index (κ3) is 3.14. The number of carbonyl (C=O) groups excluding carboxylic acids is 2. The normalized spacial score (nSPS) is 16.0. The van der Waals surface area contributed by atoms with Gasteiger partial charge in [0, 0.05) is 0 Å². The molecule has 3 rings (SSSR count). The van der Waals surface area contributed by atoms with Gasteiger partial charge in [0.15, 0.2) is 11.5 Å². The van der Waals surface area contributed by atoms with Crippen LogP contribution in [0.25, 0.3) is 6.08 Å². The number of nitrogens with zero attached hydrogens (tertiary/aromatic N) is 1. The number of benzene rings is 2. The maximum absolute atomic E-state index is 12.5. The van der Waals surface area contributed by atoms with Gasteiger partial charge >= 0.3 is 0 Å². The molecule has 1 heterocycles. The highest BCUT2D eigenvalue weighted by molar-refractivity contribution is 8.19. The first kappa shape index (κ1) is 16.1. The predicted molar refractivity (Wildman–Crippen MR) is 94.2 cm³/mol. The molecular formula is C18H15NO4S. The summed E-state index contributed by atoms with van der Waals surface area (Å²) in [6, 6.07) is 13.6. The molecule has 122 valence electrons. The molecule has 1 N–H and O–H groups in total. The molecule has 0 aliphatic carbocycles. The van der Waals surface area contributed by atoms with Crippen LogP contribution in [-0.2, 0) is 4.79 Å². The Morgan fingerprint density at radius 3 is 2.62 bits per heavy atom. The average Bonchev–Trinajstić information content (AvgIpc) is 2.85. The molecule has 0 bridgehead atoms. The molecule has 0 radical (unpaired) electrons. The number of imide groups is 1. The topological polar surface area (TPSA) is 66.8 Å². The Hall–Kier alpha value is -2.73. The number of phenols is 1. The summed E-state index contributed by atoms with van der Waals surface area (Å²) >= 11 is 0.890. The Morgan fingerprint density at radius 1 is 1.17 bits per heavy atom. The third-order valence-corrected chi connectivity index (χ3v) is 4.26. The minimum Gasteiger partial charge on any atom is -0.504 e. The van der Waals surface area contributed by atoms with Crippen molar-refractivity contribution in [2.45, 2.75) is 6.92 Å². The number of carbonyl (C=O) groups is 2. The first-order chi connectivity index (χ1) is 11.6. The number of hydrogen-bond acceptors (Lipinski definition) is 5. The molecule has 1 aliphatic heterocycles. The van der Waals surface area contributed by atoms with E-state index in [1.807, 2.05) is 13.0 Å². The Labute approximate surface area is 143 Å². The van der Waals surface area contributed by atoms with Crippen LogP contribution in [0, 0.1) is 0 Å². The number of hydrogen-bond donors (Lipinski definition) is 1. The van der Waals surface area contributed by atoms with Crippen LogP contribution in [0.3, 0.4) is 0 Å². The van der Waals surface area contributed by atoms with Crippen molar-refractivity contribution >= 4 is 34.7 Å². The molecule has 0 unspecified atom stereocenters. The third-order valence-electron chi connectivity index (χ3n) is 3.39. The van der Waals surface area contributed by atoms with Crippen molar-refractivity contribution in [3.63, 3.8) is 0 Å². The van der Waals surface area contributed by atoms with Crippen molar-refractivity contribution in [1.82, 2.24) is 0 Å². The van der Waals surface area contributed by atoms with Gasteiger partial charge in [0.05, 0.1) is 17.2 Å². The average molecular weight is 341 g/mol. The van der Waals surface area contributed by atoms with Gasteiger partial charge in [-0.2, -0.15) is 0 Å². The van der Waals surface area contributed by atoms with E-state index in [9.17, 15) is 14.7 Å². The second kappa shape index (κ2) is 6.80. The first-order valence-electron chi connectivity index (χ1n) is 7.39. The molecule has 0 atom stereocenters. The minimum atomic E-state index is -0.359. The lowest BCUT2D eigenvalue weighted by Gasteiger charge is -2.11. The summed E-state index contributed by atoms with van der Waals surface area (Å²) in [6.45, 7) is 2.23. The number of para-hydroxylation sites is 1. The summed E-state index contributed by atoms with van der Waals surface area (Å²) in [5.41, 5.74) is 1.22. The summed E-state index contributed by atoms with van der Waals surface area (Å²) in [4.78, 5) is 26.2. The smallest absolute Gasteiger partial charge is 0.298 e. The van der Waals surface area contributed by atoms with Crippen LogP contribution in [0.2, 0.25) is 0 Å². The molecule has 24 heavy (non-hydrogen) atoms. The van der Waals surface area contributed by atoms with E-state index in [-0.39, 0.29) is 16.9 Å². The zero-order valence-electron chi connectivity index (χ0n) is 12.9. The van der Waals surface area contributed by atoms with E-state index in [0.29, 0.717) is 28.5 Å². The monoisotopic (exact) mass is 341 g/mol. The van der Waals surface area contributed by atoms with Crippen molar-refractivity contribution in [2.75, 3.05) is 11.5 Å². The fourth-order valence-corrected chi connectivity index (χ4v) is 3.15. The van der Waals surface area contributed by atoms with Gasteiger partial charge in [-0.05, 0) is 54.6 Å². The Balaban J connectivity index is 1.91. The highest BCUT2D eigenvalue weighted by Gasteiger charge is 2.36. The fraction of sp³-hybridized carbons (Fsp3) is 0.111. The summed E-state index contributed by atoms with van der Waals surface area (Å²) in [6.07, 6.45) is 1.62. The van der Waals surface area contributed by atoms with Gasteiger partial charge in [0.25, 0.3) is 11.1 Å². The highest BCUT2D eigenvalue weighted by atomic mass is 32.2. The molecule has 1 aliphatic rings. The fourth-order valence-electron chi connectivity index (χ4n) is 2.31. The number of aromatic hydroxyl groups is 1. The number of anilines is 1. The van der Waals surface area contributed by atoms with Crippen LogP contribution in [0.15, 0.2) is 53.4 Å². The molecule has 6 heteroatoms. The Kier molecular flexibility index (Phi) is 4.57. The molecule has 2 aromatic carbocycles. The predicted octanol–water partition coefficient (Wildman–Crippen LogP) is 4.03. The van der Waals surface area contributed by atoms with Crippen molar-refractivity contribution in [1.29, 1.82) is 0 Å². The van der Waals surface area contributed by atoms with E-state index >= 15 is 0 Å². The SMILES string of the molecule is CCOc1cc(C=C2SC(=O)N(c3ccccc3)C2=O)ccc1O. The van der Waals surface area contributed by atoms with Gasteiger partial charge < -0.3 is 9.84 Å². The van der Waals surface area contributed by atoms with Crippen LogP contribution in [0.4, 0.5) is 10.5 Å². The van der Waals surface area contributed by atoms with Crippen LogP contribution in [-0.4, -0.2) is 22.9 Å². The van der Waals surface area contributed by atoms with Crippen LogP contribution < -0.4 is 9.64 Å². The molecule has 5 nitrogen and oxygen atoms in total. The first-order valence-corrected chi connectivity index (χ1v) is 8.20. The summed E-state index contributed by atoms with van der Waals surface area (Å²) in [5, 5.41) is 9.40. The zero-order valence-corrected chi connectivity index (χ0v) is 13.7. The lowest BCUT2D eigenvalue weighted by Crippen LogP contribution is -2.27. The summed E-state index contributed by atoms with van der Waals surface area (Å²) in [7, 11) is 0. The van der Waals surface area contributed by atoms with Gasteiger partial charge in [-0.15, -0.1) is 0 Å². The van der Waals surface area contributed by atoms with Crippen LogP contribution in [0.5, 0.6) is 11.5 Å². The van der Waals surface area contributed by atoms with Gasteiger partial charge in [0.1, 0.15) is 0 Å². The quantitative estimate of drug-likeness (QED) is 0.851. The number of phenolic OH excluding ortho intramolecular Hbond substituents is 1. The minimum absolute atomic E-state index is 0.0337. The second-order valence-electron chi connectivity index (χ2n) is 5.01. The summed E-state index contributed by atoms with van der Waals surface area (Å²) < 4.78 is 5.33. The van der Waals surface area contributed by atoms with Crippen LogP contribution in [0.1, 0.15) is 12.5 Å². The number of amides is 2. The lowest BCUT2D eigenvalue weighted by atomic mass is 10.2. The van der Waals surface area contributed by atoms with Gasteiger partial charge in [-0.3, -0.25) is 9.59 Å². The molecule has 1 saturated heterocycles. The summed E-state index contributed by atoms with van der Waals surface area (Å²) in [5.74, 6) is 0.0159. The van der Waals surface area contributed by atoms with E-state index in [1.165, 1.54) is 6.07 Å². The zero-order chi connectivity index (χ0) is 17.1. The number of rotatable bonds is 4. The highest BCUT2D eigenvalue weighted by Crippen LogP contribution is 2.36. The van der Waals surface area contributed by atoms with E-state index in [4.69, 9.17) is 4.74 Å². The number of thioether (sulfide) groups is 1. The lowest BCUT2D eigenvalue weighted by molar-refractivity contribution is -0.113. The maximum atomic E-state index is 12.5.